The van der Waals surface area contributed by atoms with Gasteiger partial charge in [-0.2, -0.15) is 0 Å². The van der Waals surface area contributed by atoms with Crippen LogP contribution in [0.25, 0.3) is 15.9 Å². The molecule has 1 unspecified atom stereocenters. The van der Waals surface area contributed by atoms with Crippen LogP contribution in [0.4, 0.5) is 0 Å². The smallest absolute Gasteiger partial charge is 0.267 e. The van der Waals surface area contributed by atoms with E-state index in [1.165, 1.54) is 16.6 Å². The molecule has 0 radical (unpaired) electrons. The monoisotopic (exact) mass is 470 g/mol. The average molecular weight is 471 g/mol. The van der Waals surface area contributed by atoms with Gasteiger partial charge in [0, 0.05) is 31.1 Å². The number of carbonyl (C=O) groups excluding carboxylic acids is 1. The molecular formula is C23H26N4O3S2. The lowest BCUT2D eigenvalue weighted by atomic mass is 10.1. The molecule has 2 aliphatic heterocycles. The van der Waals surface area contributed by atoms with Crippen molar-refractivity contribution >= 4 is 39.2 Å². The van der Waals surface area contributed by atoms with E-state index in [0.717, 1.165) is 60.4 Å². The van der Waals surface area contributed by atoms with Gasteiger partial charge in [-0.25, -0.2) is 4.98 Å². The number of benzene rings is 1. The molecule has 0 bridgehead atoms. The lowest BCUT2D eigenvalue weighted by Gasteiger charge is -2.21. The number of carbonyl (C=O) groups is 1. The van der Waals surface area contributed by atoms with Crippen molar-refractivity contribution in [1.29, 1.82) is 0 Å². The highest BCUT2D eigenvalue weighted by atomic mass is 32.2. The van der Waals surface area contributed by atoms with Crippen molar-refractivity contribution in [2.75, 3.05) is 32.5 Å². The Bertz CT molecular complexity index is 1190. The fraction of sp³-hybridized carbons (Fsp3) is 0.435. The summed E-state index contributed by atoms with van der Waals surface area (Å²) in [6, 6.07) is 9.56. The highest BCUT2D eigenvalue weighted by Gasteiger charge is 2.25. The van der Waals surface area contributed by atoms with Crippen LogP contribution in [0.3, 0.4) is 0 Å². The quantitative estimate of drug-likeness (QED) is 0.441. The number of aromatic nitrogens is 2. The van der Waals surface area contributed by atoms with Crippen LogP contribution in [0, 0.1) is 0 Å². The number of hydrogen-bond donors (Lipinski definition) is 1. The van der Waals surface area contributed by atoms with Crippen LogP contribution in [-0.4, -0.2) is 59.0 Å². The van der Waals surface area contributed by atoms with Gasteiger partial charge in [-0.1, -0.05) is 30.0 Å². The number of nitrogens with one attached hydrogen (secondary N) is 1. The molecule has 0 aliphatic carbocycles. The van der Waals surface area contributed by atoms with E-state index in [2.05, 4.69) is 17.3 Å². The summed E-state index contributed by atoms with van der Waals surface area (Å²) in [6.07, 6.45) is 2.99. The van der Waals surface area contributed by atoms with Gasteiger partial charge in [0.05, 0.1) is 22.9 Å². The summed E-state index contributed by atoms with van der Waals surface area (Å²) in [5.41, 5.74) is 1.85. The maximum atomic E-state index is 13.7. The van der Waals surface area contributed by atoms with Crippen LogP contribution < -0.4 is 10.9 Å². The Hall–Kier alpha value is -2.20. The molecule has 3 aromatic rings. The standard InChI is InChI=1S/C23H26N4O3S2/c1-26-10-9-17-18(13-26)32-21-20(17)22(29)27(15-6-3-2-4-7-15)23(25-21)31-14-19(28)24-12-16-8-5-11-30-16/h2-4,6-7,16H,5,8-14H2,1H3,(H,24,28). The Morgan fingerprint density at radius 1 is 1.34 bits per heavy atom. The predicted molar refractivity (Wildman–Crippen MR) is 128 cm³/mol. The highest BCUT2D eigenvalue weighted by molar-refractivity contribution is 7.99. The second kappa shape index (κ2) is 9.35. The summed E-state index contributed by atoms with van der Waals surface area (Å²) in [4.78, 5) is 35.3. The van der Waals surface area contributed by atoms with Crippen LogP contribution in [0.15, 0.2) is 40.3 Å². The molecule has 4 heterocycles. The van der Waals surface area contributed by atoms with E-state index in [1.807, 2.05) is 30.3 Å². The Morgan fingerprint density at radius 2 is 2.19 bits per heavy atom. The van der Waals surface area contributed by atoms with Crippen LogP contribution in [0.2, 0.25) is 0 Å². The van der Waals surface area contributed by atoms with Crippen LogP contribution in [0.5, 0.6) is 0 Å². The van der Waals surface area contributed by atoms with E-state index in [1.54, 1.807) is 15.9 Å². The predicted octanol–water partition coefficient (Wildman–Crippen LogP) is 2.82. The Morgan fingerprint density at radius 3 is 2.97 bits per heavy atom. The normalized spacial score (nSPS) is 18.7. The van der Waals surface area contributed by atoms with Gasteiger partial charge < -0.3 is 15.0 Å². The fourth-order valence-electron chi connectivity index (χ4n) is 4.27. The van der Waals surface area contributed by atoms with E-state index >= 15 is 0 Å². The number of thiophene rings is 1. The summed E-state index contributed by atoms with van der Waals surface area (Å²) < 4.78 is 7.23. The molecule has 1 aromatic carbocycles. The minimum Gasteiger partial charge on any atom is -0.376 e. The summed E-state index contributed by atoms with van der Waals surface area (Å²) in [5.74, 6) is 0.122. The van der Waals surface area contributed by atoms with Crippen molar-refractivity contribution in [3.63, 3.8) is 0 Å². The number of hydrogen-bond acceptors (Lipinski definition) is 7. The Kier molecular flexibility index (Phi) is 6.32. The second-order valence-electron chi connectivity index (χ2n) is 8.27. The van der Waals surface area contributed by atoms with Gasteiger partial charge >= 0.3 is 0 Å². The first-order chi connectivity index (χ1) is 15.6. The zero-order valence-corrected chi connectivity index (χ0v) is 19.6. The number of likely N-dealkylation sites (N-methyl/N-ethyl adjacent to an activating group) is 1. The zero-order valence-electron chi connectivity index (χ0n) is 18.0. The zero-order chi connectivity index (χ0) is 22.1. The van der Waals surface area contributed by atoms with Crippen LogP contribution in [-0.2, 0) is 22.5 Å². The van der Waals surface area contributed by atoms with Gasteiger partial charge in [0.15, 0.2) is 5.16 Å². The van der Waals surface area contributed by atoms with Crippen molar-refractivity contribution in [1.82, 2.24) is 19.8 Å². The summed E-state index contributed by atoms with van der Waals surface area (Å²) >= 11 is 2.90. The van der Waals surface area contributed by atoms with Crippen molar-refractivity contribution in [2.24, 2.45) is 0 Å². The maximum absolute atomic E-state index is 13.7. The van der Waals surface area contributed by atoms with E-state index in [-0.39, 0.29) is 23.3 Å². The van der Waals surface area contributed by atoms with E-state index in [9.17, 15) is 9.59 Å². The fourth-order valence-corrected chi connectivity index (χ4v) is 6.45. The van der Waals surface area contributed by atoms with E-state index in [4.69, 9.17) is 9.72 Å². The van der Waals surface area contributed by atoms with Gasteiger partial charge in [-0.15, -0.1) is 11.3 Å². The van der Waals surface area contributed by atoms with Gasteiger partial charge in [0.2, 0.25) is 5.91 Å². The molecular weight excluding hydrogens is 444 g/mol. The highest BCUT2D eigenvalue weighted by Crippen LogP contribution is 2.33. The number of amides is 1. The first-order valence-electron chi connectivity index (χ1n) is 10.9. The van der Waals surface area contributed by atoms with Gasteiger partial charge in [0.1, 0.15) is 4.83 Å². The SMILES string of the molecule is CN1CCc2c(sc3nc(SCC(=O)NCC4CCCO4)n(-c4ccccc4)c(=O)c23)C1. The average Bonchev–Trinajstić information content (AvgIpc) is 3.44. The molecule has 1 fully saturated rings. The molecule has 1 N–H and O–H groups in total. The van der Waals surface area contributed by atoms with Gasteiger partial charge in [-0.3, -0.25) is 14.2 Å². The maximum Gasteiger partial charge on any atom is 0.267 e. The Balaban J connectivity index is 1.46. The molecule has 1 amide bonds. The first kappa shape index (κ1) is 21.6. The van der Waals surface area contributed by atoms with Crippen LogP contribution in [0.1, 0.15) is 23.3 Å². The van der Waals surface area contributed by atoms with Crippen molar-refractivity contribution in [3.05, 3.63) is 51.1 Å². The van der Waals surface area contributed by atoms with Crippen molar-refractivity contribution < 1.29 is 9.53 Å². The molecule has 32 heavy (non-hydrogen) atoms. The molecule has 2 aliphatic rings. The molecule has 1 saturated heterocycles. The van der Waals surface area contributed by atoms with Crippen molar-refractivity contribution in [2.45, 2.75) is 37.1 Å². The number of nitrogens with zero attached hydrogens (tertiary/aromatic N) is 3. The molecule has 9 heteroatoms. The molecule has 2 aromatic heterocycles. The third-order valence-corrected chi connectivity index (χ3v) is 7.98. The minimum absolute atomic E-state index is 0.0504. The van der Waals surface area contributed by atoms with E-state index in [0.29, 0.717) is 11.7 Å². The molecule has 0 saturated carbocycles. The van der Waals surface area contributed by atoms with Crippen LogP contribution >= 0.6 is 23.1 Å². The minimum atomic E-state index is -0.0773. The first-order valence-corrected chi connectivity index (χ1v) is 12.7. The lowest BCUT2D eigenvalue weighted by molar-refractivity contribution is -0.119. The third-order valence-electron chi connectivity index (χ3n) is 5.93. The Labute approximate surface area is 194 Å². The molecule has 1 atom stereocenters. The lowest BCUT2D eigenvalue weighted by Crippen LogP contribution is -2.33. The second-order valence-corrected chi connectivity index (χ2v) is 10.3. The summed E-state index contributed by atoms with van der Waals surface area (Å²) in [7, 11) is 2.10. The topological polar surface area (TPSA) is 76.5 Å². The molecule has 5 rings (SSSR count). The largest absolute Gasteiger partial charge is 0.376 e. The van der Waals surface area contributed by atoms with Gasteiger partial charge in [0.25, 0.3) is 5.56 Å². The van der Waals surface area contributed by atoms with Gasteiger partial charge in [-0.05, 0) is 44.0 Å². The number of thioether (sulfide) groups is 1. The van der Waals surface area contributed by atoms with Crippen molar-refractivity contribution in [3.8, 4) is 5.69 Å². The van der Waals surface area contributed by atoms with E-state index < -0.39 is 0 Å². The molecule has 0 spiro atoms. The third kappa shape index (κ3) is 4.34. The number of ether oxygens (including phenoxy) is 1. The molecule has 168 valence electrons. The summed E-state index contributed by atoms with van der Waals surface area (Å²) in [6.45, 7) is 3.08. The number of rotatable bonds is 6. The number of fused-ring (bicyclic) bond motifs is 3. The summed E-state index contributed by atoms with van der Waals surface area (Å²) in [5, 5.41) is 4.23. The number of para-hydroxylation sites is 1. The molecule has 7 nitrogen and oxygen atoms in total.